The zero-order chi connectivity index (χ0) is 23.3. The van der Waals surface area contributed by atoms with Gasteiger partial charge in [0.1, 0.15) is 0 Å². The SMILES string of the molecule is C[C@H](CCCC(C)(C)O)[C@H]1CC[C@H]2[C@@H]3CC=C4C[C@@H](OS(=O)[O-])CC[C@]4(C)[C@H]3CC[C@]12C. The van der Waals surface area contributed by atoms with E-state index in [1.807, 2.05) is 13.8 Å². The minimum Gasteiger partial charge on any atom is -0.750 e. The van der Waals surface area contributed by atoms with Crippen molar-refractivity contribution in [3.63, 3.8) is 0 Å². The summed E-state index contributed by atoms with van der Waals surface area (Å²) >= 11 is -2.41. The highest BCUT2D eigenvalue weighted by Gasteiger charge is 2.59. The second kappa shape index (κ2) is 9.09. The van der Waals surface area contributed by atoms with Crippen LogP contribution in [0.25, 0.3) is 0 Å². The maximum Gasteiger partial charge on any atom is 0.0844 e. The Hall–Kier alpha value is -0.230. The Morgan fingerprint density at radius 2 is 1.97 bits per heavy atom. The first-order valence-corrected chi connectivity index (χ1v) is 14.1. The van der Waals surface area contributed by atoms with Gasteiger partial charge in [0.25, 0.3) is 0 Å². The molecule has 0 amide bonds. The molecule has 0 aromatic carbocycles. The largest absolute Gasteiger partial charge is 0.750 e. The van der Waals surface area contributed by atoms with Gasteiger partial charge in [-0.25, -0.2) is 4.21 Å². The summed E-state index contributed by atoms with van der Waals surface area (Å²) in [6.45, 7) is 11.4. The van der Waals surface area contributed by atoms with E-state index in [9.17, 15) is 13.9 Å². The highest BCUT2D eigenvalue weighted by atomic mass is 32.2. The van der Waals surface area contributed by atoms with Gasteiger partial charge in [-0.1, -0.05) is 45.3 Å². The summed E-state index contributed by atoms with van der Waals surface area (Å²) in [4.78, 5) is 0. The molecule has 4 aliphatic rings. The molecule has 4 rings (SSSR count). The molecule has 184 valence electrons. The normalized spacial score (nSPS) is 43.6. The first-order chi connectivity index (χ1) is 14.9. The first-order valence-electron chi connectivity index (χ1n) is 13.1. The lowest BCUT2D eigenvalue weighted by Crippen LogP contribution is -2.51. The van der Waals surface area contributed by atoms with Gasteiger partial charge in [0, 0.05) is 0 Å². The third-order valence-corrected chi connectivity index (χ3v) is 10.9. The number of allylic oxidation sites excluding steroid dienone is 1. The molecule has 3 fully saturated rings. The van der Waals surface area contributed by atoms with Gasteiger partial charge in [0.2, 0.25) is 0 Å². The fourth-order valence-corrected chi connectivity index (χ4v) is 9.24. The van der Waals surface area contributed by atoms with Crippen LogP contribution in [0.2, 0.25) is 0 Å². The molecule has 0 radical (unpaired) electrons. The molecule has 5 heteroatoms. The molecule has 0 aliphatic heterocycles. The Morgan fingerprint density at radius 3 is 2.66 bits per heavy atom. The standard InChI is InChI=1S/C27H46O4S/c1-18(7-6-14-25(2,3)28)22-10-11-23-21-9-8-19-17-20(31-32(29)30)12-15-26(19,4)24(21)13-16-27(22,23)5/h8,18,20-24,28H,6-7,9-17H2,1-5H3,(H,29,30)/p-1/t18-,20+,21+,22-,23+,24+,26+,27-/m1/s1. The Morgan fingerprint density at radius 1 is 1.22 bits per heavy atom. The quantitative estimate of drug-likeness (QED) is 0.353. The lowest BCUT2D eigenvalue weighted by atomic mass is 9.47. The van der Waals surface area contributed by atoms with Gasteiger partial charge in [-0.3, -0.25) is 4.18 Å². The molecule has 0 spiro atoms. The molecular weight excluding hydrogens is 420 g/mol. The zero-order valence-electron chi connectivity index (χ0n) is 20.9. The third-order valence-electron chi connectivity index (χ3n) is 10.5. The Balaban J connectivity index is 1.45. The zero-order valence-corrected chi connectivity index (χ0v) is 21.7. The van der Waals surface area contributed by atoms with Crippen LogP contribution in [0, 0.1) is 40.4 Å². The topological polar surface area (TPSA) is 69.6 Å². The average molecular weight is 466 g/mol. The minimum absolute atomic E-state index is 0.168. The highest BCUT2D eigenvalue weighted by Crippen LogP contribution is 2.67. The van der Waals surface area contributed by atoms with Crippen molar-refractivity contribution in [3.8, 4) is 0 Å². The van der Waals surface area contributed by atoms with Crippen LogP contribution < -0.4 is 0 Å². The van der Waals surface area contributed by atoms with Gasteiger partial charge in [-0.05, 0) is 112 Å². The molecule has 0 bridgehead atoms. The van der Waals surface area contributed by atoms with Crippen LogP contribution in [0.1, 0.15) is 105 Å². The summed E-state index contributed by atoms with van der Waals surface area (Å²) in [7, 11) is 0. The number of aliphatic hydroxyl groups is 1. The average Bonchev–Trinajstić information content (AvgIpc) is 3.04. The van der Waals surface area contributed by atoms with E-state index >= 15 is 0 Å². The molecular formula is C27H45O4S-. The van der Waals surface area contributed by atoms with E-state index in [4.69, 9.17) is 4.18 Å². The molecule has 0 saturated heterocycles. The lowest BCUT2D eigenvalue weighted by molar-refractivity contribution is -0.0560. The Bertz CT molecular complexity index is 742. The molecule has 1 N–H and O–H groups in total. The smallest absolute Gasteiger partial charge is 0.0844 e. The van der Waals surface area contributed by atoms with Crippen molar-refractivity contribution in [2.75, 3.05) is 0 Å². The monoisotopic (exact) mass is 465 g/mol. The van der Waals surface area contributed by atoms with Crippen LogP contribution in [0.3, 0.4) is 0 Å². The number of hydrogen-bond acceptors (Lipinski definition) is 4. The summed E-state index contributed by atoms with van der Waals surface area (Å²) in [6, 6.07) is 0. The van der Waals surface area contributed by atoms with Crippen LogP contribution in [0.5, 0.6) is 0 Å². The second-order valence-electron chi connectivity index (χ2n) is 12.8. The lowest BCUT2D eigenvalue weighted by Gasteiger charge is -2.58. The van der Waals surface area contributed by atoms with Crippen LogP contribution in [-0.2, 0) is 15.5 Å². The molecule has 3 saturated carbocycles. The van der Waals surface area contributed by atoms with Crippen LogP contribution >= 0.6 is 0 Å². The molecule has 4 nitrogen and oxygen atoms in total. The second-order valence-corrected chi connectivity index (χ2v) is 13.4. The number of fused-ring (bicyclic) bond motifs is 5. The van der Waals surface area contributed by atoms with E-state index in [1.165, 1.54) is 44.1 Å². The van der Waals surface area contributed by atoms with Gasteiger partial charge in [0.15, 0.2) is 0 Å². The van der Waals surface area contributed by atoms with E-state index in [0.29, 0.717) is 5.41 Å². The van der Waals surface area contributed by atoms with Crippen LogP contribution in [-0.4, -0.2) is 25.6 Å². The Kier molecular flexibility index (Phi) is 7.07. The van der Waals surface area contributed by atoms with E-state index in [-0.39, 0.29) is 11.5 Å². The van der Waals surface area contributed by atoms with E-state index in [2.05, 4.69) is 26.8 Å². The predicted octanol–water partition coefficient (Wildman–Crippen LogP) is 6.32. The van der Waals surface area contributed by atoms with Crippen LogP contribution in [0.4, 0.5) is 0 Å². The van der Waals surface area contributed by atoms with Crippen molar-refractivity contribution < 1.29 is 18.1 Å². The summed E-state index contributed by atoms with van der Waals surface area (Å²) in [6.07, 6.45) is 14.8. The van der Waals surface area contributed by atoms with Crippen molar-refractivity contribution in [2.24, 2.45) is 40.4 Å². The maximum atomic E-state index is 11.0. The summed E-state index contributed by atoms with van der Waals surface area (Å²) < 4.78 is 27.2. The molecule has 4 aliphatic carbocycles. The molecule has 9 atom stereocenters. The highest BCUT2D eigenvalue weighted by molar-refractivity contribution is 7.74. The van der Waals surface area contributed by atoms with Gasteiger partial charge in [0.05, 0.1) is 23.1 Å². The summed E-state index contributed by atoms with van der Waals surface area (Å²) in [5.74, 6) is 3.88. The predicted molar refractivity (Wildman–Crippen MR) is 128 cm³/mol. The van der Waals surface area contributed by atoms with Crippen LogP contribution in [0.15, 0.2) is 11.6 Å². The molecule has 0 aromatic rings. The van der Waals surface area contributed by atoms with E-state index < -0.39 is 17.0 Å². The van der Waals surface area contributed by atoms with Crippen molar-refractivity contribution in [2.45, 2.75) is 117 Å². The van der Waals surface area contributed by atoms with E-state index in [0.717, 1.165) is 61.7 Å². The van der Waals surface area contributed by atoms with Crippen molar-refractivity contribution in [3.05, 3.63) is 11.6 Å². The molecule has 1 unspecified atom stereocenters. The fraction of sp³-hybridized carbons (Fsp3) is 0.926. The van der Waals surface area contributed by atoms with Gasteiger partial charge in [-0.2, -0.15) is 0 Å². The molecule has 0 aromatic heterocycles. The number of hydrogen-bond donors (Lipinski definition) is 1. The Labute approximate surface area is 198 Å². The van der Waals surface area contributed by atoms with Crippen molar-refractivity contribution in [1.82, 2.24) is 0 Å². The third kappa shape index (κ3) is 4.65. The molecule has 32 heavy (non-hydrogen) atoms. The minimum atomic E-state index is -2.41. The summed E-state index contributed by atoms with van der Waals surface area (Å²) in [5, 5.41) is 10.1. The maximum absolute atomic E-state index is 11.0. The van der Waals surface area contributed by atoms with Crippen molar-refractivity contribution >= 4 is 11.4 Å². The first kappa shape index (κ1) is 24.9. The number of rotatable bonds is 7. The van der Waals surface area contributed by atoms with Gasteiger partial charge < -0.3 is 9.66 Å². The summed E-state index contributed by atoms with van der Waals surface area (Å²) in [5.41, 5.74) is 1.61. The molecule has 0 heterocycles. The fourth-order valence-electron chi connectivity index (χ4n) is 8.85. The van der Waals surface area contributed by atoms with E-state index in [1.54, 1.807) is 0 Å². The van der Waals surface area contributed by atoms with Gasteiger partial charge >= 0.3 is 0 Å². The van der Waals surface area contributed by atoms with Gasteiger partial charge in [-0.15, -0.1) is 0 Å². The van der Waals surface area contributed by atoms with Crippen molar-refractivity contribution in [1.29, 1.82) is 0 Å².